The summed E-state index contributed by atoms with van der Waals surface area (Å²) in [7, 11) is 0. The van der Waals surface area contributed by atoms with Gasteiger partial charge in [-0.2, -0.15) is 0 Å². The highest BCUT2D eigenvalue weighted by Crippen LogP contribution is 2.29. The molecule has 1 aromatic rings. The lowest BCUT2D eigenvalue weighted by atomic mass is 9.87. The highest BCUT2D eigenvalue weighted by molar-refractivity contribution is 6.30. The second-order valence-corrected chi connectivity index (χ2v) is 4.80. The minimum atomic E-state index is 0.502. The number of piperidine rings is 1. The van der Waals surface area contributed by atoms with Crippen LogP contribution in [0.3, 0.4) is 0 Å². The molecule has 2 rings (SSSR count). The van der Waals surface area contributed by atoms with Crippen molar-refractivity contribution in [1.82, 2.24) is 5.32 Å². The molecular weight excluding hydrogens is 206 g/mol. The van der Waals surface area contributed by atoms with Crippen LogP contribution in [0.25, 0.3) is 0 Å². The minimum Gasteiger partial charge on any atom is -0.310 e. The topological polar surface area (TPSA) is 12.0 Å². The first-order valence-corrected chi connectivity index (χ1v) is 6.16. The van der Waals surface area contributed by atoms with Crippen molar-refractivity contribution in [1.29, 1.82) is 0 Å². The lowest BCUT2D eigenvalue weighted by molar-refractivity contribution is 0.299. The third-order valence-electron chi connectivity index (χ3n) is 3.34. The molecule has 1 fully saturated rings. The Hall–Kier alpha value is -0.530. The third kappa shape index (κ3) is 2.73. The quantitative estimate of drug-likeness (QED) is 0.805. The predicted octanol–water partition coefficient (Wildman–Crippen LogP) is 3.79. The standard InChI is InChI=1S/C13H18ClN/c1-2-10-6-7-15-13(8-10)11-4-3-5-12(14)9-11/h3-5,9-10,13,15H,2,6-8H2,1H3. The molecule has 0 amide bonds. The average Bonchev–Trinajstić information content (AvgIpc) is 2.29. The summed E-state index contributed by atoms with van der Waals surface area (Å²) in [6.45, 7) is 3.42. The van der Waals surface area contributed by atoms with E-state index < -0.39 is 0 Å². The number of hydrogen-bond donors (Lipinski definition) is 1. The molecule has 1 aromatic carbocycles. The monoisotopic (exact) mass is 223 g/mol. The molecule has 0 bridgehead atoms. The molecule has 15 heavy (non-hydrogen) atoms. The zero-order valence-corrected chi connectivity index (χ0v) is 9.93. The zero-order chi connectivity index (χ0) is 10.7. The fraction of sp³-hybridized carbons (Fsp3) is 0.538. The molecule has 1 aliphatic rings. The minimum absolute atomic E-state index is 0.502. The molecule has 2 unspecified atom stereocenters. The van der Waals surface area contributed by atoms with Crippen LogP contribution in [0.5, 0.6) is 0 Å². The van der Waals surface area contributed by atoms with Gasteiger partial charge >= 0.3 is 0 Å². The maximum atomic E-state index is 6.01. The first-order valence-electron chi connectivity index (χ1n) is 5.78. The van der Waals surface area contributed by atoms with Gasteiger partial charge in [0.2, 0.25) is 0 Å². The second kappa shape index (κ2) is 5.00. The first kappa shape index (κ1) is 11.0. The number of halogens is 1. The summed E-state index contributed by atoms with van der Waals surface area (Å²) in [6, 6.07) is 8.72. The van der Waals surface area contributed by atoms with Crippen molar-refractivity contribution in [2.75, 3.05) is 6.54 Å². The molecule has 0 radical (unpaired) electrons. The van der Waals surface area contributed by atoms with Gasteiger partial charge in [0.15, 0.2) is 0 Å². The van der Waals surface area contributed by atoms with Crippen molar-refractivity contribution < 1.29 is 0 Å². The van der Waals surface area contributed by atoms with Crippen LogP contribution in [0, 0.1) is 5.92 Å². The van der Waals surface area contributed by atoms with E-state index in [-0.39, 0.29) is 0 Å². The maximum absolute atomic E-state index is 6.01. The summed E-state index contributed by atoms with van der Waals surface area (Å²) in [4.78, 5) is 0. The van der Waals surface area contributed by atoms with E-state index in [9.17, 15) is 0 Å². The Balaban J connectivity index is 2.09. The molecule has 1 saturated heterocycles. The Bertz CT molecular complexity index is 324. The molecule has 0 aromatic heterocycles. The summed E-state index contributed by atoms with van der Waals surface area (Å²) in [5.74, 6) is 0.871. The number of benzene rings is 1. The molecule has 0 spiro atoms. The Morgan fingerprint density at radius 2 is 2.33 bits per heavy atom. The average molecular weight is 224 g/mol. The molecule has 82 valence electrons. The molecule has 2 heteroatoms. The van der Waals surface area contributed by atoms with Crippen LogP contribution >= 0.6 is 11.6 Å². The Kier molecular flexibility index (Phi) is 3.66. The van der Waals surface area contributed by atoms with Crippen LogP contribution in [0.15, 0.2) is 24.3 Å². The number of hydrogen-bond acceptors (Lipinski definition) is 1. The van der Waals surface area contributed by atoms with Crippen molar-refractivity contribution >= 4 is 11.6 Å². The van der Waals surface area contributed by atoms with Crippen molar-refractivity contribution in [3.05, 3.63) is 34.9 Å². The van der Waals surface area contributed by atoms with Gasteiger partial charge in [-0.3, -0.25) is 0 Å². The molecule has 1 heterocycles. The second-order valence-electron chi connectivity index (χ2n) is 4.36. The van der Waals surface area contributed by atoms with Crippen molar-refractivity contribution in [3.63, 3.8) is 0 Å². The molecule has 1 nitrogen and oxygen atoms in total. The van der Waals surface area contributed by atoms with E-state index in [0.717, 1.165) is 17.5 Å². The number of nitrogens with one attached hydrogen (secondary N) is 1. The fourth-order valence-electron chi connectivity index (χ4n) is 2.34. The van der Waals surface area contributed by atoms with Gasteiger partial charge in [-0.05, 0) is 43.0 Å². The van der Waals surface area contributed by atoms with Gasteiger partial charge in [0, 0.05) is 11.1 Å². The van der Waals surface area contributed by atoms with Gasteiger partial charge in [0.1, 0.15) is 0 Å². The summed E-state index contributed by atoms with van der Waals surface area (Å²) >= 11 is 6.01. The predicted molar refractivity (Wildman–Crippen MR) is 65.2 cm³/mol. The lowest BCUT2D eigenvalue weighted by Crippen LogP contribution is -2.31. The molecule has 1 aliphatic heterocycles. The van der Waals surface area contributed by atoms with Crippen LogP contribution in [-0.2, 0) is 0 Å². The van der Waals surface area contributed by atoms with Gasteiger partial charge in [-0.1, -0.05) is 37.1 Å². The summed E-state index contributed by atoms with van der Waals surface area (Å²) in [6.07, 6.45) is 3.85. The van der Waals surface area contributed by atoms with E-state index in [0.29, 0.717) is 6.04 Å². The zero-order valence-electron chi connectivity index (χ0n) is 9.17. The molecule has 2 atom stereocenters. The van der Waals surface area contributed by atoms with E-state index in [4.69, 9.17) is 11.6 Å². The van der Waals surface area contributed by atoms with Crippen LogP contribution < -0.4 is 5.32 Å². The Labute approximate surface area is 96.8 Å². The van der Waals surface area contributed by atoms with Gasteiger partial charge in [-0.15, -0.1) is 0 Å². The van der Waals surface area contributed by atoms with Crippen molar-refractivity contribution in [3.8, 4) is 0 Å². The van der Waals surface area contributed by atoms with Crippen LogP contribution in [0.1, 0.15) is 37.8 Å². The highest BCUT2D eigenvalue weighted by Gasteiger charge is 2.21. The molecule has 0 saturated carbocycles. The van der Waals surface area contributed by atoms with Gasteiger partial charge in [0.05, 0.1) is 0 Å². The molecule has 1 N–H and O–H groups in total. The Morgan fingerprint density at radius 3 is 3.07 bits per heavy atom. The molecule has 0 aliphatic carbocycles. The van der Waals surface area contributed by atoms with Gasteiger partial charge in [0.25, 0.3) is 0 Å². The highest BCUT2D eigenvalue weighted by atomic mass is 35.5. The van der Waals surface area contributed by atoms with Crippen LogP contribution in [0.4, 0.5) is 0 Å². The fourth-order valence-corrected chi connectivity index (χ4v) is 2.54. The van der Waals surface area contributed by atoms with Gasteiger partial charge in [-0.25, -0.2) is 0 Å². The lowest BCUT2D eigenvalue weighted by Gasteiger charge is -2.30. The third-order valence-corrected chi connectivity index (χ3v) is 3.58. The normalized spacial score (nSPS) is 26.5. The van der Waals surface area contributed by atoms with Crippen molar-refractivity contribution in [2.45, 2.75) is 32.2 Å². The van der Waals surface area contributed by atoms with Crippen LogP contribution in [0.2, 0.25) is 5.02 Å². The SMILES string of the molecule is CCC1CCNC(c2cccc(Cl)c2)C1. The largest absolute Gasteiger partial charge is 0.310 e. The van der Waals surface area contributed by atoms with Crippen LogP contribution in [-0.4, -0.2) is 6.54 Å². The first-order chi connectivity index (χ1) is 7.29. The smallest absolute Gasteiger partial charge is 0.0409 e. The molecular formula is C13H18ClN. The van der Waals surface area contributed by atoms with Crippen molar-refractivity contribution in [2.24, 2.45) is 5.92 Å². The van der Waals surface area contributed by atoms with E-state index in [1.54, 1.807) is 0 Å². The summed E-state index contributed by atoms with van der Waals surface area (Å²) in [5, 5.41) is 4.41. The number of rotatable bonds is 2. The van der Waals surface area contributed by atoms with E-state index in [1.807, 2.05) is 12.1 Å². The van der Waals surface area contributed by atoms with E-state index in [1.165, 1.54) is 24.8 Å². The van der Waals surface area contributed by atoms with Gasteiger partial charge < -0.3 is 5.32 Å². The summed E-state index contributed by atoms with van der Waals surface area (Å²) in [5.41, 5.74) is 1.33. The maximum Gasteiger partial charge on any atom is 0.0409 e. The Morgan fingerprint density at radius 1 is 1.47 bits per heavy atom. The van der Waals surface area contributed by atoms with E-state index >= 15 is 0 Å². The van der Waals surface area contributed by atoms with E-state index in [2.05, 4.69) is 24.4 Å². The summed E-state index contributed by atoms with van der Waals surface area (Å²) < 4.78 is 0.